The van der Waals surface area contributed by atoms with E-state index in [1.54, 1.807) is 24.3 Å². The summed E-state index contributed by atoms with van der Waals surface area (Å²) in [6.07, 6.45) is 0. The van der Waals surface area contributed by atoms with E-state index in [4.69, 9.17) is 4.74 Å². The number of ether oxygens (including phenoxy) is 1. The predicted molar refractivity (Wildman–Crippen MR) is 83.8 cm³/mol. The molecule has 2 aromatic carbocycles. The fraction of sp³-hybridized carbons (Fsp3) is 0.188. The molecule has 0 bridgehead atoms. The molecule has 2 aromatic rings. The van der Waals surface area contributed by atoms with Gasteiger partial charge in [0.2, 0.25) is 0 Å². The third-order valence-corrected chi connectivity index (χ3v) is 4.91. The normalized spacial score (nSPS) is 11.0. The quantitative estimate of drug-likeness (QED) is 0.819. The van der Waals surface area contributed by atoms with Gasteiger partial charge in [0.05, 0.1) is 17.8 Å². The summed E-state index contributed by atoms with van der Waals surface area (Å²) in [4.78, 5) is 11.9. The molecule has 5 nitrogen and oxygen atoms in total. The Bertz CT molecular complexity index is 771. The Kier molecular flexibility index (Phi) is 5.33. The molecule has 1 N–H and O–H groups in total. The Morgan fingerprint density at radius 3 is 2.26 bits per heavy atom. The highest BCUT2D eigenvalue weighted by Gasteiger charge is 2.15. The van der Waals surface area contributed by atoms with E-state index in [1.807, 2.05) is 0 Å². The van der Waals surface area contributed by atoms with Crippen LogP contribution in [0, 0.1) is 5.82 Å². The number of hydrogen-bond donors (Lipinski definition) is 1. The molecule has 0 saturated heterocycles. The van der Waals surface area contributed by atoms with Crippen LogP contribution in [0.25, 0.3) is 0 Å². The van der Waals surface area contributed by atoms with Crippen LogP contribution in [0.4, 0.5) is 4.39 Å². The Balaban J connectivity index is 1.92. The fourth-order valence-corrected chi connectivity index (χ4v) is 3.06. The highest BCUT2D eigenvalue weighted by molar-refractivity contribution is 7.91. The Morgan fingerprint density at radius 1 is 1.09 bits per heavy atom. The standard InChI is InChI=1S/C16H16FNO4S/c1-22-14-6-2-12(3-7-14)16(19)18-10-11-23(20,21)15-8-4-13(17)5-9-15/h2-9H,10-11H2,1H3,(H,18,19). The number of carbonyl (C=O) groups is 1. The Labute approximate surface area is 134 Å². The maximum absolute atomic E-state index is 12.8. The monoisotopic (exact) mass is 337 g/mol. The van der Waals surface area contributed by atoms with Crippen molar-refractivity contribution in [3.8, 4) is 5.75 Å². The smallest absolute Gasteiger partial charge is 0.251 e. The molecule has 0 heterocycles. The lowest BCUT2D eigenvalue weighted by Gasteiger charge is -2.07. The third kappa shape index (κ3) is 4.53. The molecular weight excluding hydrogens is 321 g/mol. The number of carbonyl (C=O) groups excluding carboxylic acids is 1. The van der Waals surface area contributed by atoms with Crippen LogP contribution in [0.3, 0.4) is 0 Å². The highest BCUT2D eigenvalue weighted by atomic mass is 32.2. The van der Waals surface area contributed by atoms with Crippen molar-refractivity contribution >= 4 is 15.7 Å². The van der Waals surface area contributed by atoms with Crippen LogP contribution in [0.5, 0.6) is 5.75 Å². The summed E-state index contributed by atoms with van der Waals surface area (Å²) >= 11 is 0. The minimum Gasteiger partial charge on any atom is -0.497 e. The van der Waals surface area contributed by atoms with Crippen molar-refractivity contribution in [1.82, 2.24) is 5.32 Å². The third-order valence-electron chi connectivity index (χ3n) is 3.18. The lowest BCUT2D eigenvalue weighted by Crippen LogP contribution is -2.29. The average Bonchev–Trinajstić information content (AvgIpc) is 2.55. The van der Waals surface area contributed by atoms with Crippen molar-refractivity contribution in [3.05, 3.63) is 59.9 Å². The first-order valence-electron chi connectivity index (χ1n) is 6.83. The van der Waals surface area contributed by atoms with E-state index in [9.17, 15) is 17.6 Å². The molecule has 0 radical (unpaired) electrons. The SMILES string of the molecule is COc1ccc(C(=O)NCCS(=O)(=O)c2ccc(F)cc2)cc1. The van der Waals surface area contributed by atoms with Crippen molar-refractivity contribution in [2.45, 2.75) is 4.90 Å². The van der Waals surface area contributed by atoms with Crippen LogP contribution in [0.15, 0.2) is 53.4 Å². The average molecular weight is 337 g/mol. The van der Waals surface area contributed by atoms with Gasteiger partial charge in [-0.2, -0.15) is 0 Å². The second-order valence-corrected chi connectivity index (χ2v) is 6.87. The summed E-state index contributed by atoms with van der Waals surface area (Å²) in [6.45, 7) is -0.0371. The van der Waals surface area contributed by atoms with Crippen molar-refractivity contribution < 1.29 is 22.3 Å². The molecule has 0 fully saturated rings. The zero-order chi connectivity index (χ0) is 16.9. The summed E-state index contributed by atoms with van der Waals surface area (Å²) in [5.74, 6) is -0.514. The number of hydrogen-bond acceptors (Lipinski definition) is 4. The molecule has 0 aliphatic rings. The van der Waals surface area contributed by atoms with E-state index in [0.29, 0.717) is 11.3 Å². The molecule has 0 unspecified atom stereocenters. The summed E-state index contributed by atoms with van der Waals surface area (Å²) in [7, 11) is -2.04. The van der Waals surface area contributed by atoms with Crippen LogP contribution >= 0.6 is 0 Å². The number of halogens is 1. The Hall–Kier alpha value is -2.41. The summed E-state index contributed by atoms with van der Waals surface area (Å²) in [5, 5.41) is 2.54. The van der Waals surface area contributed by atoms with Gasteiger partial charge in [0, 0.05) is 12.1 Å². The predicted octanol–water partition coefficient (Wildman–Crippen LogP) is 2.04. The van der Waals surface area contributed by atoms with Gasteiger partial charge in [0.1, 0.15) is 11.6 Å². The first-order valence-corrected chi connectivity index (χ1v) is 8.48. The van der Waals surface area contributed by atoms with Gasteiger partial charge in [0.15, 0.2) is 9.84 Å². The number of benzene rings is 2. The molecule has 23 heavy (non-hydrogen) atoms. The van der Waals surface area contributed by atoms with E-state index >= 15 is 0 Å². The van der Waals surface area contributed by atoms with E-state index in [0.717, 1.165) is 12.1 Å². The topological polar surface area (TPSA) is 72.5 Å². The number of amides is 1. The van der Waals surface area contributed by atoms with Gasteiger partial charge in [-0.15, -0.1) is 0 Å². The lowest BCUT2D eigenvalue weighted by atomic mass is 10.2. The molecule has 0 saturated carbocycles. The van der Waals surface area contributed by atoms with Gasteiger partial charge < -0.3 is 10.1 Å². The van der Waals surface area contributed by atoms with Crippen LogP contribution in [-0.2, 0) is 9.84 Å². The van der Waals surface area contributed by atoms with Crippen molar-refractivity contribution in [1.29, 1.82) is 0 Å². The molecule has 0 aliphatic carbocycles. The Morgan fingerprint density at radius 2 is 1.70 bits per heavy atom. The van der Waals surface area contributed by atoms with Crippen LogP contribution in [-0.4, -0.2) is 33.7 Å². The van der Waals surface area contributed by atoms with Gasteiger partial charge in [-0.1, -0.05) is 0 Å². The summed E-state index contributed by atoms with van der Waals surface area (Å²) in [6, 6.07) is 11.0. The summed E-state index contributed by atoms with van der Waals surface area (Å²) in [5.41, 5.74) is 0.407. The second-order valence-electron chi connectivity index (χ2n) is 4.76. The number of nitrogens with one attached hydrogen (secondary N) is 1. The van der Waals surface area contributed by atoms with Gasteiger partial charge >= 0.3 is 0 Å². The van der Waals surface area contributed by atoms with E-state index in [-0.39, 0.29) is 23.1 Å². The van der Waals surface area contributed by atoms with Gasteiger partial charge in [-0.05, 0) is 48.5 Å². The molecule has 0 aromatic heterocycles. The van der Waals surface area contributed by atoms with Crippen molar-refractivity contribution in [3.63, 3.8) is 0 Å². The van der Waals surface area contributed by atoms with E-state index < -0.39 is 15.7 Å². The molecule has 0 aliphatic heterocycles. The molecule has 7 heteroatoms. The number of sulfone groups is 1. The number of rotatable bonds is 6. The molecule has 0 atom stereocenters. The van der Waals surface area contributed by atoms with Gasteiger partial charge in [0.25, 0.3) is 5.91 Å². The molecule has 1 amide bonds. The zero-order valence-corrected chi connectivity index (χ0v) is 13.3. The first kappa shape index (κ1) is 17.0. The van der Waals surface area contributed by atoms with Crippen LogP contribution in [0.2, 0.25) is 0 Å². The number of methoxy groups -OCH3 is 1. The molecule has 2 rings (SSSR count). The van der Waals surface area contributed by atoms with Crippen LogP contribution in [0.1, 0.15) is 10.4 Å². The zero-order valence-electron chi connectivity index (χ0n) is 12.5. The minimum atomic E-state index is -3.57. The van der Waals surface area contributed by atoms with Crippen molar-refractivity contribution in [2.75, 3.05) is 19.4 Å². The van der Waals surface area contributed by atoms with E-state index in [2.05, 4.69) is 5.32 Å². The highest BCUT2D eigenvalue weighted by Crippen LogP contribution is 2.12. The molecule has 0 spiro atoms. The summed E-state index contributed by atoms with van der Waals surface area (Å²) < 4.78 is 41.9. The molecular formula is C16H16FNO4S. The molecule has 122 valence electrons. The lowest BCUT2D eigenvalue weighted by molar-refractivity contribution is 0.0956. The van der Waals surface area contributed by atoms with Gasteiger partial charge in [-0.3, -0.25) is 4.79 Å². The second kappa shape index (κ2) is 7.23. The van der Waals surface area contributed by atoms with Crippen molar-refractivity contribution in [2.24, 2.45) is 0 Å². The minimum absolute atomic E-state index is 0.0256. The van der Waals surface area contributed by atoms with E-state index in [1.165, 1.54) is 19.2 Å². The maximum atomic E-state index is 12.8. The first-order chi connectivity index (χ1) is 10.9. The maximum Gasteiger partial charge on any atom is 0.251 e. The largest absolute Gasteiger partial charge is 0.497 e. The van der Waals surface area contributed by atoms with Crippen LogP contribution < -0.4 is 10.1 Å². The van der Waals surface area contributed by atoms with Gasteiger partial charge in [-0.25, -0.2) is 12.8 Å². The fourth-order valence-electron chi connectivity index (χ4n) is 1.90.